The third kappa shape index (κ3) is 4.47. The largest absolute Gasteiger partial charge is 0.448 e. The van der Waals surface area contributed by atoms with Gasteiger partial charge in [0.05, 0.1) is 11.5 Å². The standard InChI is InChI=1S/C16H22N2O6S/c1-4-18(13-5-6-25(22,23)9-13)15(20)11(3)24-16(21)14-7-12(8-17-14)10(2)19/h7-8,11,13,17H,4-6,9H2,1-3H3/t11-,13+/m0/s1. The van der Waals surface area contributed by atoms with Crippen molar-refractivity contribution in [3.05, 3.63) is 23.5 Å². The lowest BCUT2D eigenvalue weighted by atomic mass is 10.2. The number of H-pyrrole nitrogens is 1. The predicted octanol–water partition coefficient (Wildman–Crippen LogP) is 0.798. The van der Waals surface area contributed by atoms with E-state index in [1.54, 1.807) is 6.92 Å². The number of nitrogens with zero attached hydrogens (tertiary/aromatic N) is 1. The van der Waals surface area contributed by atoms with Crippen LogP contribution in [-0.4, -0.2) is 66.2 Å². The molecule has 1 aliphatic rings. The van der Waals surface area contributed by atoms with Gasteiger partial charge < -0.3 is 14.6 Å². The summed E-state index contributed by atoms with van der Waals surface area (Å²) in [7, 11) is -3.12. The molecule has 1 aromatic heterocycles. The van der Waals surface area contributed by atoms with Crippen molar-refractivity contribution in [3.8, 4) is 0 Å². The molecular weight excluding hydrogens is 348 g/mol. The molecule has 0 bridgehead atoms. The number of nitrogens with one attached hydrogen (secondary N) is 1. The molecule has 8 nitrogen and oxygen atoms in total. The molecule has 2 rings (SSSR count). The molecule has 138 valence electrons. The molecule has 0 spiro atoms. The van der Waals surface area contributed by atoms with Gasteiger partial charge in [-0.2, -0.15) is 0 Å². The first-order valence-electron chi connectivity index (χ1n) is 8.06. The Morgan fingerprint density at radius 3 is 2.56 bits per heavy atom. The number of Topliss-reactive ketones (excluding diaryl/α,β-unsaturated/α-hetero) is 1. The molecule has 0 aromatic carbocycles. The zero-order valence-corrected chi connectivity index (χ0v) is 15.3. The highest BCUT2D eigenvalue weighted by atomic mass is 32.2. The monoisotopic (exact) mass is 370 g/mol. The number of aromatic amines is 1. The van der Waals surface area contributed by atoms with Crippen molar-refractivity contribution < 1.29 is 27.5 Å². The normalized spacial score (nSPS) is 20.0. The highest BCUT2D eigenvalue weighted by Crippen LogP contribution is 2.19. The summed E-state index contributed by atoms with van der Waals surface area (Å²) >= 11 is 0. The van der Waals surface area contributed by atoms with Gasteiger partial charge in [0.15, 0.2) is 21.7 Å². The van der Waals surface area contributed by atoms with E-state index in [0.29, 0.717) is 18.5 Å². The fourth-order valence-corrected chi connectivity index (χ4v) is 4.57. The third-order valence-electron chi connectivity index (χ3n) is 4.21. The number of ketones is 1. The fourth-order valence-electron chi connectivity index (χ4n) is 2.84. The molecule has 1 N–H and O–H groups in total. The Hall–Kier alpha value is -2.16. The van der Waals surface area contributed by atoms with Crippen molar-refractivity contribution in [3.63, 3.8) is 0 Å². The Bertz CT molecular complexity index is 782. The molecule has 2 heterocycles. The van der Waals surface area contributed by atoms with E-state index in [4.69, 9.17) is 4.74 Å². The van der Waals surface area contributed by atoms with Gasteiger partial charge in [0, 0.05) is 24.3 Å². The summed E-state index contributed by atoms with van der Waals surface area (Å²) in [5.41, 5.74) is 0.425. The van der Waals surface area contributed by atoms with Crippen LogP contribution in [0.1, 0.15) is 48.0 Å². The van der Waals surface area contributed by atoms with Crippen LogP contribution in [-0.2, 0) is 19.4 Å². The van der Waals surface area contributed by atoms with E-state index in [-0.39, 0.29) is 23.0 Å². The number of sulfone groups is 1. The lowest BCUT2D eigenvalue weighted by molar-refractivity contribution is -0.141. The number of esters is 1. The zero-order chi connectivity index (χ0) is 18.8. The van der Waals surface area contributed by atoms with Crippen molar-refractivity contribution in [1.82, 2.24) is 9.88 Å². The Kier molecular flexibility index (Phi) is 5.66. The lowest BCUT2D eigenvalue weighted by Crippen LogP contribution is -2.46. The highest BCUT2D eigenvalue weighted by Gasteiger charge is 2.36. The van der Waals surface area contributed by atoms with Crippen LogP contribution in [0.25, 0.3) is 0 Å². The van der Waals surface area contributed by atoms with Crippen LogP contribution >= 0.6 is 0 Å². The van der Waals surface area contributed by atoms with Gasteiger partial charge in [-0.25, -0.2) is 13.2 Å². The molecule has 25 heavy (non-hydrogen) atoms. The fraction of sp³-hybridized carbons (Fsp3) is 0.562. The number of likely N-dealkylation sites (N-methyl/N-ethyl adjacent to an activating group) is 1. The zero-order valence-electron chi connectivity index (χ0n) is 14.4. The number of carbonyl (C=O) groups is 3. The van der Waals surface area contributed by atoms with Crippen molar-refractivity contribution in [2.75, 3.05) is 18.1 Å². The number of hydrogen-bond donors (Lipinski definition) is 1. The molecule has 1 amide bonds. The summed E-state index contributed by atoms with van der Waals surface area (Å²) in [6, 6.07) is 0.974. The van der Waals surface area contributed by atoms with Crippen LogP contribution in [0.4, 0.5) is 0 Å². The van der Waals surface area contributed by atoms with Crippen LogP contribution in [0.3, 0.4) is 0 Å². The minimum atomic E-state index is -3.12. The molecule has 1 fully saturated rings. The van der Waals surface area contributed by atoms with Gasteiger partial charge in [-0.15, -0.1) is 0 Å². The topological polar surface area (TPSA) is 114 Å². The van der Waals surface area contributed by atoms with Gasteiger partial charge in [0.2, 0.25) is 0 Å². The van der Waals surface area contributed by atoms with Gasteiger partial charge in [-0.1, -0.05) is 0 Å². The Morgan fingerprint density at radius 1 is 1.40 bits per heavy atom. The number of aromatic nitrogens is 1. The van der Waals surface area contributed by atoms with Crippen LogP contribution in [0.15, 0.2) is 12.3 Å². The van der Waals surface area contributed by atoms with Crippen molar-refractivity contribution in [1.29, 1.82) is 0 Å². The average Bonchev–Trinajstić information content (AvgIpc) is 3.14. The molecule has 0 radical (unpaired) electrons. The van der Waals surface area contributed by atoms with Crippen LogP contribution in [0.5, 0.6) is 0 Å². The number of ether oxygens (including phenoxy) is 1. The second-order valence-electron chi connectivity index (χ2n) is 6.09. The summed E-state index contributed by atoms with van der Waals surface area (Å²) in [5.74, 6) is -1.38. The minimum absolute atomic E-state index is 0.0614. The highest BCUT2D eigenvalue weighted by molar-refractivity contribution is 7.91. The SMILES string of the molecule is CCN(C(=O)[C@H](C)OC(=O)c1cc(C(C)=O)c[nH]1)[C@@H]1CCS(=O)(=O)C1. The van der Waals surface area contributed by atoms with Gasteiger partial charge in [0.1, 0.15) is 5.69 Å². The van der Waals surface area contributed by atoms with Gasteiger partial charge in [-0.3, -0.25) is 9.59 Å². The molecule has 9 heteroatoms. The molecule has 0 unspecified atom stereocenters. The van der Waals surface area contributed by atoms with E-state index in [1.165, 1.54) is 31.0 Å². The number of hydrogen-bond acceptors (Lipinski definition) is 6. The summed E-state index contributed by atoms with van der Waals surface area (Å²) in [6.07, 6.45) is 0.730. The van der Waals surface area contributed by atoms with Crippen LogP contribution < -0.4 is 0 Å². The second-order valence-corrected chi connectivity index (χ2v) is 8.32. The molecule has 1 aliphatic heterocycles. The van der Waals surface area contributed by atoms with E-state index >= 15 is 0 Å². The van der Waals surface area contributed by atoms with Gasteiger partial charge in [-0.05, 0) is 33.3 Å². The summed E-state index contributed by atoms with van der Waals surface area (Å²) in [5, 5.41) is 0. The Labute approximate surface area is 146 Å². The molecule has 0 saturated carbocycles. The number of carbonyl (C=O) groups excluding carboxylic acids is 3. The summed E-state index contributed by atoms with van der Waals surface area (Å²) in [4.78, 5) is 40.0. The van der Waals surface area contributed by atoms with E-state index < -0.39 is 33.9 Å². The maximum absolute atomic E-state index is 12.5. The van der Waals surface area contributed by atoms with E-state index in [0.717, 1.165) is 0 Å². The Balaban J connectivity index is 2.02. The first-order chi connectivity index (χ1) is 11.6. The van der Waals surface area contributed by atoms with E-state index in [2.05, 4.69) is 4.98 Å². The van der Waals surface area contributed by atoms with Crippen molar-refractivity contribution in [2.45, 2.75) is 39.3 Å². The number of rotatable bonds is 6. The minimum Gasteiger partial charge on any atom is -0.448 e. The molecule has 2 atom stereocenters. The maximum Gasteiger partial charge on any atom is 0.355 e. The molecule has 0 aliphatic carbocycles. The predicted molar refractivity (Wildman–Crippen MR) is 90.1 cm³/mol. The van der Waals surface area contributed by atoms with Crippen LogP contribution in [0.2, 0.25) is 0 Å². The van der Waals surface area contributed by atoms with Crippen molar-refractivity contribution in [2.24, 2.45) is 0 Å². The van der Waals surface area contributed by atoms with E-state index in [1.807, 2.05) is 0 Å². The Morgan fingerprint density at radius 2 is 2.08 bits per heavy atom. The lowest BCUT2D eigenvalue weighted by Gasteiger charge is -2.29. The first kappa shape index (κ1) is 19.2. The van der Waals surface area contributed by atoms with Gasteiger partial charge >= 0.3 is 5.97 Å². The summed E-state index contributed by atoms with van der Waals surface area (Å²) < 4.78 is 28.4. The van der Waals surface area contributed by atoms with Gasteiger partial charge in [0.25, 0.3) is 5.91 Å². The number of amides is 1. The van der Waals surface area contributed by atoms with Crippen molar-refractivity contribution >= 4 is 27.5 Å². The van der Waals surface area contributed by atoms with E-state index in [9.17, 15) is 22.8 Å². The summed E-state index contributed by atoms with van der Waals surface area (Å²) in [6.45, 7) is 4.90. The molecular formula is C16H22N2O6S. The maximum atomic E-state index is 12.5. The third-order valence-corrected chi connectivity index (χ3v) is 5.96. The first-order valence-corrected chi connectivity index (χ1v) is 9.88. The second kappa shape index (κ2) is 7.38. The van der Waals surface area contributed by atoms with Crippen LogP contribution in [0, 0.1) is 0 Å². The smallest absolute Gasteiger partial charge is 0.355 e. The molecule has 1 saturated heterocycles. The molecule has 1 aromatic rings. The average molecular weight is 370 g/mol. The quantitative estimate of drug-likeness (QED) is 0.585.